The Morgan fingerprint density at radius 2 is 1.95 bits per heavy atom. The molecule has 0 radical (unpaired) electrons. The summed E-state index contributed by atoms with van der Waals surface area (Å²) in [5.74, 6) is 2.57. The third kappa shape index (κ3) is 4.49. The van der Waals surface area contributed by atoms with Crippen LogP contribution in [0.1, 0.15) is 50.7 Å². The highest BCUT2D eigenvalue weighted by Crippen LogP contribution is 2.29. The van der Waals surface area contributed by atoms with Gasteiger partial charge >= 0.3 is 0 Å². The minimum absolute atomic E-state index is 0.140. The Balaban J connectivity index is 1.84. The number of hydrogen-bond donors (Lipinski definition) is 1. The molecule has 0 unspecified atom stereocenters. The number of benzene rings is 1. The third-order valence-electron chi connectivity index (χ3n) is 4.98. The number of carbonyl (C=O) groups is 1. The van der Waals surface area contributed by atoms with E-state index in [1.807, 2.05) is 25.1 Å². The van der Waals surface area contributed by atoms with Crippen molar-refractivity contribution < 1.29 is 9.53 Å². The van der Waals surface area contributed by atoms with Gasteiger partial charge in [-0.2, -0.15) is 0 Å². The van der Waals surface area contributed by atoms with Gasteiger partial charge in [0.1, 0.15) is 5.75 Å². The second kappa shape index (κ2) is 7.66. The van der Waals surface area contributed by atoms with Crippen LogP contribution >= 0.6 is 0 Å². The molecule has 1 aromatic carbocycles. The Morgan fingerprint density at radius 1 is 1.27 bits per heavy atom. The van der Waals surface area contributed by atoms with Crippen molar-refractivity contribution in [2.75, 3.05) is 7.11 Å². The summed E-state index contributed by atoms with van der Waals surface area (Å²) < 4.78 is 5.21. The van der Waals surface area contributed by atoms with E-state index < -0.39 is 0 Å². The highest BCUT2D eigenvalue weighted by molar-refractivity contribution is 5.79. The van der Waals surface area contributed by atoms with Gasteiger partial charge in [-0.25, -0.2) is 0 Å². The fraction of sp³-hybridized carbons (Fsp3) is 0.632. The largest absolute Gasteiger partial charge is 0.497 e. The smallest absolute Gasteiger partial charge is 0.224 e. The van der Waals surface area contributed by atoms with E-state index in [2.05, 4.69) is 19.2 Å². The van der Waals surface area contributed by atoms with Gasteiger partial charge in [0.25, 0.3) is 0 Å². The number of ether oxygens (including phenoxy) is 1. The molecular weight excluding hydrogens is 274 g/mol. The zero-order chi connectivity index (χ0) is 16.1. The van der Waals surface area contributed by atoms with Gasteiger partial charge in [-0.1, -0.05) is 19.9 Å². The van der Waals surface area contributed by atoms with Crippen LogP contribution in [0.3, 0.4) is 0 Å². The molecule has 1 N–H and O–H groups in total. The second-order valence-corrected chi connectivity index (χ2v) is 6.89. The Kier molecular flexibility index (Phi) is 5.87. The molecule has 1 saturated carbocycles. The normalized spacial score (nSPS) is 21.7. The number of nitrogens with one attached hydrogen (secondary N) is 1. The maximum absolute atomic E-state index is 12.3. The first-order valence-corrected chi connectivity index (χ1v) is 8.42. The Morgan fingerprint density at radius 3 is 2.50 bits per heavy atom. The molecular formula is C19H29NO2. The average molecular weight is 303 g/mol. The van der Waals surface area contributed by atoms with E-state index in [0.29, 0.717) is 12.5 Å². The van der Waals surface area contributed by atoms with E-state index in [1.165, 1.54) is 12.8 Å². The first kappa shape index (κ1) is 16.9. The number of carbonyl (C=O) groups excluding carboxylic acids is 1. The van der Waals surface area contributed by atoms with Gasteiger partial charge in [-0.3, -0.25) is 4.79 Å². The summed E-state index contributed by atoms with van der Waals surface area (Å²) in [4.78, 5) is 12.3. The number of hydrogen-bond acceptors (Lipinski definition) is 2. The van der Waals surface area contributed by atoms with Crippen molar-refractivity contribution in [2.24, 2.45) is 11.8 Å². The number of methoxy groups -OCH3 is 1. The van der Waals surface area contributed by atoms with Crippen molar-refractivity contribution in [1.29, 1.82) is 0 Å². The fourth-order valence-corrected chi connectivity index (χ4v) is 3.38. The van der Waals surface area contributed by atoms with Crippen LogP contribution in [0.5, 0.6) is 5.75 Å². The van der Waals surface area contributed by atoms with Crippen LogP contribution < -0.4 is 10.1 Å². The van der Waals surface area contributed by atoms with E-state index in [-0.39, 0.29) is 5.91 Å². The molecule has 22 heavy (non-hydrogen) atoms. The van der Waals surface area contributed by atoms with E-state index in [0.717, 1.165) is 41.6 Å². The molecule has 0 aliphatic heterocycles. The second-order valence-electron chi connectivity index (χ2n) is 6.89. The monoisotopic (exact) mass is 303 g/mol. The Hall–Kier alpha value is -1.51. The maximum Gasteiger partial charge on any atom is 0.224 e. The molecule has 1 aromatic rings. The van der Waals surface area contributed by atoms with Gasteiger partial charge in [-0.05, 0) is 67.7 Å². The van der Waals surface area contributed by atoms with Crippen LogP contribution in [-0.2, 0) is 11.2 Å². The predicted molar refractivity (Wildman–Crippen MR) is 90.2 cm³/mol. The highest BCUT2D eigenvalue weighted by atomic mass is 16.5. The van der Waals surface area contributed by atoms with Crippen LogP contribution in [0.4, 0.5) is 0 Å². The molecule has 122 valence electrons. The van der Waals surface area contributed by atoms with Crippen molar-refractivity contribution in [2.45, 2.75) is 58.9 Å². The highest BCUT2D eigenvalue weighted by Gasteiger charge is 2.24. The van der Waals surface area contributed by atoms with Crippen LogP contribution in [0.15, 0.2) is 18.2 Å². The molecule has 0 aromatic heterocycles. The third-order valence-corrected chi connectivity index (χ3v) is 4.98. The number of aryl methyl sites for hydroxylation is 1. The van der Waals surface area contributed by atoms with Crippen LogP contribution in [-0.4, -0.2) is 19.1 Å². The lowest BCUT2D eigenvalue weighted by molar-refractivity contribution is -0.121. The summed E-state index contributed by atoms with van der Waals surface area (Å²) in [5.41, 5.74) is 2.19. The quantitative estimate of drug-likeness (QED) is 0.896. The molecule has 0 saturated heterocycles. The molecule has 3 heteroatoms. The van der Waals surface area contributed by atoms with Crippen LogP contribution in [0.2, 0.25) is 0 Å². The predicted octanol–water partition coefficient (Wildman–Crippen LogP) is 3.88. The molecule has 2 rings (SSSR count). The van der Waals surface area contributed by atoms with E-state index >= 15 is 0 Å². The molecule has 1 aliphatic carbocycles. The molecule has 0 bridgehead atoms. The van der Waals surface area contributed by atoms with Crippen LogP contribution in [0.25, 0.3) is 0 Å². The maximum atomic E-state index is 12.3. The lowest BCUT2D eigenvalue weighted by Crippen LogP contribution is -2.39. The summed E-state index contributed by atoms with van der Waals surface area (Å²) in [6, 6.07) is 6.25. The zero-order valence-electron chi connectivity index (χ0n) is 14.3. The Labute approximate surface area is 134 Å². The van der Waals surface area contributed by atoms with Crippen molar-refractivity contribution in [3.63, 3.8) is 0 Å². The Bertz CT molecular complexity index is 502. The lowest BCUT2D eigenvalue weighted by atomic mass is 9.79. The molecule has 1 aliphatic rings. The first-order chi connectivity index (χ1) is 10.5. The van der Waals surface area contributed by atoms with E-state index in [9.17, 15) is 4.79 Å². The number of rotatable bonds is 5. The summed E-state index contributed by atoms with van der Waals surface area (Å²) in [5, 5.41) is 3.21. The van der Waals surface area contributed by atoms with Gasteiger partial charge < -0.3 is 10.1 Å². The van der Waals surface area contributed by atoms with Crippen molar-refractivity contribution in [1.82, 2.24) is 5.32 Å². The van der Waals surface area contributed by atoms with Crippen molar-refractivity contribution >= 4 is 5.91 Å². The van der Waals surface area contributed by atoms with Gasteiger partial charge in [0.05, 0.1) is 13.5 Å². The summed E-state index contributed by atoms with van der Waals surface area (Å²) in [7, 11) is 1.66. The van der Waals surface area contributed by atoms with Gasteiger partial charge in [0.2, 0.25) is 5.91 Å². The standard InChI is InChI=1S/C19H29NO2/c1-13(2)15-5-8-17(9-6-15)20-19(21)12-16-7-10-18(22-4)11-14(16)3/h7,10-11,13,15,17H,5-6,8-9,12H2,1-4H3,(H,20,21). The summed E-state index contributed by atoms with van der Waals surface area (Å²) in [6.45, 7) is 6.63. The number of amides is 1. The molecule has 0 spiro atoms. The molecule has 1 fully saturated rings. The van der Waals surface area contributed by atoms with Gasteiger partial charge in [0.15, 0.2) is 0 Å². The SMILES string of the molecule is COc1ccc(CC(=O)NC2CCC(C(C)C)CC2)c(C)c1. The van der Waals surface area contributed by atoms with Crippen molar-refractivity contribution in [3.8, 4) is 5.75 Å². The minimum atomic E-state index is 0.140. The first-order valence-electron chi connectivity index (χ1n) is 8.42. The van der Waals surface area contributed by atoms with E-state index in [1.54, 1.807) is 7.11 Å². The average Bonchev–Trinajstić information content (AvgIpc) is 2.49. The van der Waals surface area contributed by atoms with Crippen LogP contribution in [0, 0.1) is 18.8 Å². The molecule has 0 heterocycles. The van der Waals surface area contributed by atoms with Gasteiger partial charge in [-0.15, -0.1) is 0 Å². The summed E-state index contributed by atoms with van der Waals surface area (Å²) in [6.07, 6.45) is 5.18. The molecule has 3 nitrogen and oxygen atoms in total. The topological polar surface area (TPSA) is 38.3 Å². The summed E-state index contributed by atoms with van der Waals surface area (Å²) >= 11 is 0. The fourth-order valence-electron chi connectivity index (χ4n) is 3.38. The van der Waals surface area contributed by atoms with E-state index in [4.69, 9.17) is 4.74 Å². The lowest BCUT2D eigenvalue weighted by Gasteiger charge is -2.31. The van der Waals surface area contributed by atoms with Crippen molar-refractivity contribution in [3.05, 3.63) is 29.3 Å². The minimum Gasteiger partial charge on any atom is -0.497 e. The zero-order valence-corrected chi connectivity index (χ0v) is 14.3. The molecule has 1 amide bonds. The molecule has 0 atom stereocenters. The van der Waals surface area contributed by atoms with Gasteiger partial charge in [0, 0.05) is 6.04 Å².